The second-order valence-corrected chi connectivity index (χ2v) is 4.85. The molecule has 0 aliphatic carbocycles. The molecule has 0 aromatic heterocycles. The van der Waals surface area contributed by atoms with E-state index in [1.807, 2.05) is 0 Å². The Morgan fingerprint density at radius 3 is 2.43 bits per heavy atom. The molecule has 0 spiro atoms. The second-order valence-electron chi connectivity index (χ2n) is 4.85. The van der Waals surface area contributed by atoms with Crippen LogP contribution < -0.4 is 5.32 Å². The second kappa shape index (κ2) is 9.94. The van der Waals surface area contributed by atoms with E-state index in [9.17, 15) is 9.59 Å². The van der Waals surface area contributed by atoms with E-state index in [0.29, 0.717) is 25.3 Å². The van der Waals surface area contributed by atoms with Crippen molar-refractivity contribution in [3.05, 3.63) is 29.8 Å². The third-order valence-corrected chi connectivity index (χ3v) is 3.03. The standard InChI is InChI=1S/C16H23NO4/c1-2-3-4-5-11-21-12-10-15(18)17-14-8-6-13(7-9-14)16(19)20/h6-9H,2-5,10-12H2,1H3,(H,17,18)(H,19,20). The molecular formula is C16H23NO4. The van der Waals surface area contributed by atoms with Crippen molar-refractivity contribution in [1.29, 1.82) is 0 Å². The molecule has 1 aromatic carbocycles. The van der Waals surface area contributed by atoms with Gasteiger partial charge in [0.2, 0.25) is 5.91 Å². The summed E-state index contributed by atoms with van der Waals surface area (Å²) < 4.78 is 5.40. The van der Waals surface area contributed by atoms with Crippen molar-refractivity contribution >= 4 is 17.6 Å². The van der Waals surface area contributed by atoms with Crippen LogP contribution in [0.2, 0.25) is 0 Å². The molecule has 0 saturated heterocycles. The van der Waals surface area contributed by atoms with Gasteiger partial charge in [-0.1, -0.05) is 26.2 Å². The summed E-state index contributed by atoms with van der Waals surface area (Å²) in [4.78, 5) is 22.4. The quantitative estimate of drug-likeness (QED) is 0.649. The number of amides is 1. The largest absolute Gasteiger partial charge is 0.478 e. The molecule has 0 bridgehead atoms. The van der Waals surface area contributed by atoms with Gasteiger partial charge in [0.1, 0.15) is 0 Å². The van der Waals surface area contributed by atoms with Gasteiger partial charge >= 0.3 is 5.97 Å². The normalized spacial score (nSPS) is 10.3. The van der Waals surface area contributed by atoms with Gasteiger partial charge in [-0.05, 0) is 30.7 Å². The minimum atomic E-state index is -0.982. The summed E-state index contributed by atoms with van der Waals surface area (Å²) in [7, 11) is 0. The zero-order chi connectivity index (χ0) is 15.5. The topological polar surface area (TPSA) is 75.6 Å². The van der Waals surface area contributed by atoms with Crippen LogP contribution in [0.5, 0.6) is 0 Å². The molecule has 0 radical (unpaired) electrons. The van der Waals surface area contributed by atoms with Crippen molar-refractivity contribution < 1.29 is 19.4 Å². The summed E-state index contributed by atoms with van der Waals surface area (Å²) in [5.74, 6) is -1.11. The number of rotatable bonds is 10. The van der Waals surface area contributed by atoms with Crippen molar-refractivity contribution in [1.82, 2.24) is 0 Å². The molecule has 0 heterocycles. The summed E-state index contributed by atoms with van der Waals surface area (Å²) in [5, 5.41) is 11.5. The lowest BCUT2D eigenvalue weighted by Gasteiger charge is -2.06. The van der Waals surface area contributed by atoms with E-state index in [1.165, 1.54) is 31.4 Å². The number of nitrogens with one attached hydrogen (secondary N) is 1. The van der Waals surface area contributed by atoms with Crippen LogP contribution >= 0.6 is 0 Å². The number of carbonyl (C=O) groups excluding carboxylic acids is 1. The van der Waals surface area contributed by atoms with Crippen LogP contribution in [-0.2, 0) is 9.53 Å². The Morgan fingerprint density at radius 2 is 1.81 bits per heavy atom. The summed E-state index contributed by atoms with van der Waals surface area (Å²) in [6, 6.07) is 6.07. The van der Waals surface area contributed by atoms with E-state index in [2.05, 4.69) is 12.2 Å². The maximum Gasteiger partial charge on any atom is 0.335 e. The predicted molar refractivity (Wildman–Crippen MR) is 81.6 cm³/mol. The molecule has 1 rings (SSSR count). The summed E-state index contributed by atoms with van der Waals surface area (Å²) in [5.41, 5.74) is 0.788. The summed E-state index contributed by atoms with van der Waals surface area (Å²) >= 11 is 0. The SMILES string of the molecule is CCCCCCOCCC(=O)Nc1ccc(C(=O)O)cc1. The predicted octanol–water partition coefficient (Wildman–Crippen LogP) is 3.31. The smallest absolute Gasteiger partial charge is 0.335 e. The van der Waals surface area contributed by atoms with Crippen LogP contribution in [-0.4, -0.2) is 30.2 Å². The van der Waals surface area contributed by atoms with Gasteiger partial charge in [-0.15, -0.1) is 0 Å². The van der Waals surface area contributed by atoms with Crippen molar-refractivity contribution in [2.24, 2.45) is 0 Å². The first-order valence-electron chi connectivity index (χ1n) is 7.34. The van der Waals surface area contributed by atoms with Crippen LogP contribution in [0.15, 0.2) is 24.3 Å². The van der Waals surface area contributed by atoms with Crippen LogP contribution in [0.4, 0.5) is 5.69 Å². The highest BCUT2D eigenvalue weighted by Crippen LogP contribution is 2.10. The van der Waals surface area contributed by atoms with Gasteiger partial charge in [0.15, 0.2) is 0 Å². The first-order valence-corrected chi connectivity index (χ1v) is 7.34. The van der Waals surface area contributed by atoms with E-state index in [1.54, 1.807) is 12.1 Å². The van der Waals surface area contributed by atoms with Crippen molar-refractivity contribution in [3.8, 4) is 0 Å². The zero-order valence-corrected chi connectivity index (χ0v) is 12.4. The molecule has 5 nitrogen and oxygen atoms in total. The number of hydrogen-bond acceptors (Lipinski definition) is 3. The molecule has 116 valence electrons. The molecule has 1 aromatic rings. The minimum absolute atomic E-state index is 0.133. The van der Waals surface area contributed by atoms with E-state index < -0.39 is 5.97 Å². The van der Waals surface area contributed by atoms with E-state index in [-0.39, 0.29) is 11.5 Å². The molecule has 21 heavy (non-hydrogen) atoms. The number of aromatic carboxylic acids is 1. The number of unbranched alkanes of at least 4 members (excludes halogenated alkanes) is 3. The lowest BCUT2D eigenvalue weighted by Crippen LogP contribution is -2.14. The van der Waals surface area contributed by atoms with E-state index >= 15 is 0 Å². The van der Waals surface area contributed by atoms with Crippen LogP contribution in [0.25, 0.3) is 0 Å². The highest BCUT2D eigenvalue weighted by molar-refractivity contribution is 5.92. The maximum atomic E-state index is 11.7. The third kappa shape index (κ3) is 7.46. The van der Waals surface area contributed by atoms with Gasteiger partial charge in [-0.3, -0.25) is 4.79 Å². The van der Waals surface area contributed by atoms with Crippen LogP contribution in [0, 0.1) is 0 Å². The highest BCUT2D eigenvalue weighted by atomic mass is 16.5. The van der Waals surface area contributed by atoms with Gasteiger partial charge in [-0.2, -0.15) is 0 Å². The summed E-state index contributed by atoms with van der Waals surface area (Å²) in [6.45, 7) is 3.26. The first kappa shape index (κ1) is 17.2. The number of anilines is 1. The molecule has 0 atom stereocenters. The molecular weight excluding hydrogens is 270 g/mol. The number of carboxylic acids is 1. The van der Waals surface area contributed by atoms with Crippen molar-refractivity contribution in [3.63, 3.8) is 0 Å². The molecule has 0 aliphatic heterocycles. The fraction of sp³-hybridized carbons (Fsp3) is 0.500. The summed E-state index contributed by atoms with van der Waals surface area (Å²) in [6.07, 6.45) is 4.92. The number of hydrogen-bond donors (Lipinski definition) is 2. The Balaban J connectivity index is 2.17. The van der Waals surface area contributed by atoms with Crippen LogP contribution in [0.1, 0.15) is 49.4 Å². The Hall–Kier alpha value is -1.88. The van der Waals surface area contributed by atoms with Gasteiger partial charge in [0.05, 0.1) is 18.6 Å². The molecule has 0 saturated carbocycles. The van der Waals surface area contributed by atoms with Gasteiger partial charge in [0.25, 0.3) is 0 Å². The number of carboxylic acid groups (broad SMARTS) is 1. The van der Waals surface area contributed by atoms with Crippen molar-refractivity contribution in [2.45, 2.75) is 39.0 Å². The lowest BCUT2D eigenvalue weighted by molar-refractivity contribution is -0.117. The third-order valence-electron chi connectivity index (χ3n) is 3.03. The molecule has 0 aliphatic rings. The first-order chi connectivity index (χ1) is 10.1. The van der Waals surface area contributed by atoms with E-state index in [4.69, 9.17) is 9.84 Å². The Bertz CT molecular complexity index is 442. The monoisotopic (exact) mass is 293 g/mol. The Morgan fingerprint density at radius 1 is 1.10 bits per heavy atom. The van der Waals surface area contributed by atoms with Gasteiger partial charge < -0.3 is 15.2 Å². The highest BCUT2D eigenvalue weighted by Gasteiger charge is 2.05. The molecule has 5 heteroatoms. The number of ether oxygens (including phenoxy) is 1. The fourth-order valence-electron chi connectivity index (χ4n) is 1.82. The minimum Gasteiger partial charge on any atom is -0.478 e. The maximum absolute atomic E-state index is 11.7. The molecule has 2 N–H and O–H groups in total. The van der Waals surface area contributed by atoms with Gasteiger partial charge in [-0.25, -0.2) is 4.79 Å². The lowest BCUT2D eigenvalue weighted by atomic mass is 10.2. The average Bonchev–Trinajstić information content (AvgIpc) is 2.47. The molecule has 0 fully saturated rings. The fourth-order valence-corrected chi connectivity index (χ4v) is 1.82. The van der Waals surface area contributed by atoms with Crippen molar-refractivity contribution in [2.75, 3.05) is 18.5 Å². The average molecular weight is 293 g/mol. The van der Waals surface area contributed by atoms with Crippen LogP contribution in [0.3, 0.4) is 0 Å². The number of carbonyl (C=O) groups is 2. The van der Waals surface area contributed by atoms with Gasteiger partial charge in [0, 0.05) is 12.3 Å². The number of benzene rings is 1. The van der Waals surface area contributed by atoms with E-state index in [0.717, 1.165) is 6.42 Å². The Kier molecular flexibility index (Phi) is 8.12. The Labute approximate surface area is 125 Å². The zero-order valence-electron chi connectivity index (χ0n) is 12.4. The molecule has 1 amide bonds. The molecule has 0 unspecified atom stereocenters.